The number of alkyl carbamates (subject to hydrolysis) is 1. The number of Topliss-reactive ketones (excluding diaryl/α,β-unsaturated/α-hetero) is 1. The van der Waals surface area contributed by atoms with E-state index in [4.69, 9.17) is 4.74 Å². The van der Waals surface area contributed by atoms with E-state index >= 15 is 0 Å². The minimum absolute atomic E-state index is 0.0536. The molecule has 1 atom stereocenters. The molecule has 1 amide bonds. The van der Waals surface area contributed by atoms with Crippen molar-refractivity contribution in [2.75, 3.05) is 11.5 Å². The highest BCUT2D eigenvalue weighted by Gasteiger charge is 2.21. The Kier molecular flexibility index (Phi) is 8.56. The van der Waals surface area contributed by atoms with E-state index in [1.165, 1.54) is 6.92 Å². The van der Waals surface area contributed by atoms with Crippen LogP contribution in [0.4, 0.5) is 4.79 Å². The van der Waals surface area contributed by atoms with Gasteiger partial charge >= 0.3 is 6.09 Å². The summed E-state index contributed by atoms with van der Waals surface area (Å²) in [6, 6.07) is -0.483. The van der Waals surface area contributed by atoms with E-state index in [1.54, 1.807) is 32.5 Å². The lowest BCUT2D eigenvalue weighted by Crippen LogP contribution is -2.44. The second kappa shape index (κ2) is 9.02. The number of rotatable bonds is 8. The van der Waals surface area contributed by atoms with E-state index in [0.29, 0.717) is 5.75 Å². The summed E-state index contributed by atoms with van der Waals surface area (Å²) in [5.41, 5.74) is -0.553. The molecule has 0 aliphatic carbocycles. The maximum atomic E-state index is 11.6. The quantitative estimate of drug-likeness (QED) is 0.550. The number of hydrogen-bond acceptors (Lipinski definition) is 4. The van der Waals surface area contributed by atoms with Gasteiger partial charge in [-0.1, -0.05) is 6.08 Å². The molecule has 0 aromatic heterocycles. The molecule has 0 aromatic carbocycles. The summed E-state index contributed by atoms with van der Waals surface area (Å²) in [7, 11) is 0. The highest BCUT2D eigenvalue weighted by molar-refractivity contribution is 7.99. The molecule has 0 fully saturated rings. The van der Waals surface area contributed by atoms with Crippen molar-refractivity contribution in [3.8, 4) is 0 Å². The van der Waals surface area contributed by atoms with Crippen LogP contribution in [-0.2, 0) is 9.53 Å². The largest absolute Gasteiger partial charge is 0.444 e. The fourth-order valence-electron chi connectivity index (χ4n) is 1.24. The third-order valence-corrected chi connectivity index (χ3v) is 3.31. The summed E-state index contributed by atoms with van der Waals surface area (Å²) >= 11 is 1.65. The Labute approximate surface area is 120 Å². The summed E-state index contributed by atoms with van der Waals surface area (Å²) in [4.78, 5) is 23.1. The molecular formula is C14H25NO3S. The van der Waals surface area contributed by atoms with Crippen LogP contribution in [0.2, 0.25) is 0 Å². The zero-order chi connectivity index (χ0) is 14.9. The Bertz CT molecular complexity index is 310. The number of carbonyl (C=O) groups excluding carboxylic acids is 2. The van der Waals surface area contributed by atoms with Crippen molar-refractivity contribution in [3.05, 3.63) is 12.7 Å². The molecule has 0 spiro atoms. The zero-order valence-corrected chi connectivity index (χ0v) is 13.1. The lowest BCUT2D eigenvalue weighted by atomic mass is 10.2. The SMILES string of the molecule is C=CCCCSC[C@H](NC(=O)OC(C)(C)C)C(C)=O. The van der Waals surface area contributed by atoms with Gasteiger partial charge in [0.25, 0.3) is 0 Å². The van der Waals surface area contributed by atoms with Gasteiger partial charge in [-0.05, 0) is 46.3 Å². The van der Waals surface area contributed by atoms with E-state index in [-0.39, 0.29) is 5.78 Å². The standard InChI is InChI=1S/C14H25NO3S/c1-6-7-8-9-19-10-12(11(2)16)15-13(17)18-14(3,4)5/h6,12H,1,7-10H2,2-5H3,(H,15,17)/t12-/m0/s1. The first-order chi connectivity index (χ1) is 8.76. The van der Waals surface area contributed by atoms with Gasteiger partial charge in [0.1, 0.15) is 5.60 Å². The van der Waals surface area contributed by atoms with Gasteiger partial charge in [-0.2, -0.15) is 11.8 Å². The van der Waals surface area contributed by atoms with Crippen LogP contribution < -0.4 is 5.32 Å². The third-order valence-electron chi connectivity index (χ3n) is 2.16. The molecule has 0 bridgehead atoms. The Hall–Kier alpha value is -0.970. The van der Waals surface area contributed by atoms with Gasteiger partial charge < -0.3 is 10.1 Å². The Morgan fingerprint density at radius 1 is 1.42 bits per heavy atom. The fourth-order valence-corrected chi connectivity index (χ4v) is 2.33. The van der Waals surface area contributed by atoms with E-state index in [1.807, 2.05) is 6.08 Å². The molecule has 0 radical (unpaired) electrons. The van der Waals surface area contributed by atoms with Crippen LogP contribution in [0.3, 0.4) is 0 Å². The Morgan fingerprint density at radius 2 is 2.05 bits per heavy atom. The average molecular weight is 287 g/mol. The minimum atomic E-state index is -0.553. The van der Waals surface area contributed by atoms with Gasteiger partial charge in [0.05, 0.1) is 6.04 Å². The van der Waals surface area contributed by atoms with Crippen molar-refractivity contribution < 1.29 is 14.3 Å². The van der Waals surface area contributed by atoms with Gasteiger partial charge in [-0.25, -0.2) is 4.79 Å². The van der Waals surface area contributed by atoms with Gasteiger partial charge in [-0.3, -0.25) is 4.79 Å². The first-order valence-electron chi connectivity index (χ1n) is 6.45. The van der Waals surface area contributed by atoms with E-state index in [2.05, 4.69) is 11.9 Å². The molecule has 19 heavy (non-hydrogen) atoms. The lowest BCUT2D eigenvalue weighted by Gasteiger charge is -2.22. The molecule has 0 saturated heterocycles. The maximum Gasteiger partial charge on any atom is 0.408 e. The number of ether oxygens (including phenoxy) is 1. The molecular weight excluding hydrogens is 262 g/mol. The summed E-state index contributed by atoms with van der Waals surface area (Å²) in [5, 5.41) is 2.61. The number of hydrogen-bond donors (Lipinski definition) is 1. The lowest BCUT2D eigenvalue weighted by molar-refractivity contribution is -0.118. The summed E-state index contributed by atoms with van der Waals surface area (Å²) in [6.45, 7) is 10.5. The number of ketones is 1. The zero-order valence-electron chi connectivity index (χ0n) is 12.3. The predicted octanol–water partition coefficient (Wildman–Crippen LogP) is 3.17. The van der Waals surface area contributed by atoms with Crippen LogP contribution in [0, 0.1) is 0 Å². The molecule has 110 valence electrons. The van der Waals surface area contributed by atoms with Crippen molar-refractivity contribution in [2.24, 2.45) is 0 Å². The van der Waals surface area contributed by atoms with Crippen molar-refractivity contribution in [1.29, 1.82) is 0 Å². The number of thioether (sulfide) groups is 1. The summed E-state index contributed by atoms with van der Waals surface area (Å²) in [5.74, 6) is 1.47. The molecule has 0 aromatic rings. The summed E-state index contributed by atoms with van der Waals surface area (Å²) < 4.78 is 5.14. The highest BCUT2D eigenvalue weighted by Crippen LogP contribution is 2.10. The molecule has 0 rings (SSSR count). The van der Waals surface area contributed by atoms with Crippen molar-refractivity contribution in [2.45, 2.75) is 52.2 Å². The van der Waals surface area contributed by atoms with Gasteiger partial charge in [-0.15, -0.1) is 6.58 Å². The smallest absolute Gasteiger partial charge is 0.408 e. The Balaban J connectivity index is 4.08. The van der Waals surface area contributed by atoms with E-state index in [0.717, 1.165) is 18.6 Å². The topological polar surface area (TPSA) is 55.4 Å². The van der Waals surface area contributed by atoms with Gasteiger partial charge in [0.2, 0.25) is 0 Å². The van der Waals surface area contributed by atoms with E-state index < -0.39 is 17.7 Å². The molecule has 0 saturated carbocycles. The average Bonchev–Trinajstić information content (AvgIpc) is 2.24. The second-order valence-electron chi connectivity index (χ2n) is 5.32. The Morgan fingerprint density at radius 3 is 2.53 bits per heavy atom. The van der Waals surface area contributed by atoms with Crippen LogP contribution >= 0.6 is 11.8 Å². The molecule has 0 unspecified atom stereocenters. The highest BCUT2D eigenvalue weighted by atomic mass is 32.2. The number of allylic oxidation sites excluding steroid dienone is 1. The van der Waals surface area contributed by atoms with Gasteiger partial charge in [0.15, 0.2) is 5.78 Å². The molecule has 5 heteroatoms. The first-order valence-corrected chi connectivity index (χ1v) is 7.60. The number of unbranched alkanes of at least 4 members (excludes halogenated alkanes) is 1. The van der Waals surface area contributed by atoms with Crippen molar-refractivity contribution >= 4 is 23.6 Å². The van der Waals surface area contributed by atoms with E-state index in [9.17, 15) is 9.59 Å². The van der Waals surface area contributed by atoms with Crippen LogP contribution in [-0.4, -0.2) is 35.0 Å². The number of amides is 1. The first kappa shape index (κ1) is 18.0. The molecule has 1 N–H and O–H groups in total. The molecule has 0 heterocycles. The third kappa shape index (κ3) is 10.6. The fraction of sp³-hybridized carbons (Fsp3) is 0.714. The second-order valence-corrected chi connectivity index (χ2v) is 6.47. The maximum absolute atomic E-state index is 11.6. The van der Waals surface area contributed by atoms with Crippen LogP contribution in [0.25, 0.3) is 0 Å². The molecule has 0 aliphatic heterocycles. The molecule has 4 nitrogen and oxygen atoms in total. The van der Waals surface area contributed by atoms with Crippen LogP contribution in [0.5, 0.6) is 0 Å². The minimum Gasteiger partial charge on any atom is -0.444 e. The number of nitrogens with one attached hydrogen (secondary N) is 1. The van der Waals surface area contributed by atoms with Crippen LogP contribution in [0.1, 0.15) is 40.5 Å². The monoisotopic (exact) mass is 287 g/mol. The van der Waals surface area contributed by atoms with Crippen LogP contribution in [0.15, 0.2) is 12.7 Å². The predicted molar refractivity (Wildman–Crippen MR) is 80.6 cm³/mol. The molecule has 0 aliphatic rings. The van der Waals surface area contributed by atoms with Gasteiger partial charge in [0, 0.05) is 5.75 Å². The summed E-state index contributed by atoms with van der Waals surface area (Å²) in [6.07, 6.45) is 3.34. The normalized spacial score (nSPS) is 12.6. The van der Waals surface area contributed by atoms with Crippen molar-refractivity contribution in [3.63, 3.8) is 0 Å². The number of carbonyl (C=O) groups is 2. The van der Waals surface area contributed by atoms with Crippen molar-refractivity contribution in [1.82, 2.24) is 5.32 Å².